The second kappa shape index (κ2) is 11.3. The van der Waals surface area contributed by atoms with E-state index in [4.69, 9.17) is 9.73 Å². The number of ether oxygens (including phenoxy) is 1. The Bertz CT molecular complexity index is 495. The van der Waals surface area contributed by atoms with Crippen molar-refractivity contribution in [3.8, 4) is 0 Å². The summed E-state index contributed by atoms with van der Waals surface area (Å²) in [5.74, 6) is 1.77. The molecule has 1 aliphatic heterocycles. The maximum atomic E-state index is 5.44. The van der Waals surface area contributed by atoms with Crippen molar-refractivity contribution < 1.29 is 4.74 Å². The minimum atomic E-state index is 0. The summed E-state index contributed by atoms with van der Waals surface area (Å²) in [7, 11) is 2.12. The summed E-state index contributed by atoms with van der Waals surface area (Å²) in [5, 5.41) is 4.48. The van der Waals surface area contributed by atoms with E-state index in [1.54, 1.807) is 11.3 Å². The number of hydrogen-bond donors (Lipinski definition) is 1. The molecule has 1 aromatic rings. The van der Waals surface area contributed by atoms with Gasteiger partial charge in [0, 0.05) is 38.2 Å². The van der Waals surface area contributed by atoms with E-state index in [0.29, 0.717) is 6.54 Å². The highest BCUT2D eigenvalue weighted by atomic mass is 127. The second-order valence-corrected chi connectivity index (χ2v) is 7.47. The molecule has 0 amide bonds. The van der Waals surface area contributed by atoms with Gasteiger partial charge < -0.3 is 15.0 Å². The fourth-order valence-corrected chi connectivity index (χ4v) is 3.59. The second-order valence-electron chi connectivity index (χ2n) is 6.19. The molecule has 24 heavy (non-hydrogen) atoms. The maximum absolute atomic E-state index is 5.44. The van der Waals surface area contributed by atoms with Gasteiger partial charge in [-0.2, -0.15) is 0 Å². The minimum absolute atomic E-state index is 0. The van der Waals surface area contributed by atoms with Crippen LogP contribution in [0.5, 0.6) is 0 Å². The number of nitrogens with zero attached hydrogens (tertiary/aromatic N) is 3. The predicted molar refractivity (Wildman–Crippen MR) is 113 cm³/mol. The third-order valence-corrected chi connectivity index (χ3v) is 5.40. The number of halogens is 1. The lowest BCUT2D eigenvalue weighted by atomic mass is 9.96. The molecular weight excluding hydrogens is 435 g/mol. The summed E-state index contributed by atoms with van der Waals surface area (Å²) < 4.78 is 5.44. The average molecular weight is 466 g/mol. The summed E-state index contributed by atoms with van der Waals surface area (Å²) >= 11 is 1.74. The standard InChI is InChI=1S/C17H30N4OS.HI/c1-5-18-17(19-12-16-20-13(2)14(3)23-16)21(4)9-6-15-7-10-22-11-8-15;/h15H,5-12H2,1-4H3,(H,18,19);1H. The van der Waals surface area contributed by atoms with Gasteiger partial charge in [-0.15, -0.1) is 35.3 Å². The number of nitrogens with one attached hydrogen (secondary N) is 1. The van der Waals surface area contributed by atoms with Crippen LogP contribution in [-0.2, 0) is 11.3 Å². The van der Waals surface area contributed by atoms with Crippen LogP contribution in [0.2, 0.25) is 0 Å². The molecule has 1 N–H and O–H groups in total. The number of thiazole rings is 1. The monoisotopic (exact) mass is 466 g/mol. The number of rotatable bonds is 6. The van der Waals surface area contributed by atoms with Crippen molar-refractivity contribution in [1.29, 1.82) is 0 Å². The number of aryl methyl sites for hydroxylation is 2. The van der Waals surface area contributed by atoms with Crippen LogP contribution in [0, 0.1) is 19.8 Å². The van der Waals surface area contributed by atoms with E-state index in [-0.39, 0.29) is 24.0 Å². The van der Waals surface area contributed by atoms with Gasteiger partial charge in [0.1, 0.15) is 5.01 Å². The van der Waals surface area contributed by atoms with E-state index < -0.39 is 0 Å². The van der Waals surface area contributed by atoms with Crippen LogP contribution in [0.15, 0.2) is 4.99 Å². The Labute approximate surface area is 167 Å². The first kappa shape index (κ1) is 21.6. The van der Waals surface area contributed by atoms with Crippen LogP contribution in [0.3, 0.4) is 0 Å². The zero-order valence-corrected chi connectivity index (χ0v) is 18.4. The van der Waals surface area contributed by atoms with Gasteiger partial charge in [-0.3, -0.25) is 0 Å². The first-order valence-corrected chi connectivity index (χ1v) is 9.42. The van der Waals surface area contributed by atoms with Gasteiger partial charge in [0.15, 0.2) is 5.96 Å². The average Bonchev–Trinajstić information content (AvgIpc) is 2.88. The van der Waals surface area contributed by atoms with Gasteiger partial charge in [-0.05, 0) is 46.0 Å². The van der Waals surface area contributed by atoms with Crippen LogP contribution >= 0.6 is 35.3 Å². The molecule has 0 atom stereocenters. The summed E-state index contributed by atoms with van der Waals surface area (Å²) in [6.45, 7) is 10.7. The molecule has 1 aromatic heterocycles. The lowest BCUT2D eigenvalue weighted by molar-refractivity contribution is 0.0625. The van der Waals surface area contributed by atoms with Crippen LogP contribution in [0.25, 0.3) is 0 Å². The highest BCUT2D eigenvalue weighted by Crippen LogP contribution is 2.19. The lowest BCUT2D eigenvalue weighted by Crippen LogP contribution is -2.40. The first-order valence-electron chi connectivity index (χ1n) is 8.60. The van der Waals surface area contributed by atoms with Crippen molar-refractivity contribution in [2.75, 3.05) is 33.4 Å². The quantitative estimate of drug-likeness (QED) is 0.396. The van der Waals surface area contributed by atoms with Crippen LogP contribution < -0.4 is 5.32 Å². The zero-order chi connectivity index (χ0) is 16.7. The van der Waals surface area contributed by atoms with Crippen molar-refractivity contribution in [3.63, 3.8) is 0 Å². The molecule has 0 bridgehead atoms. The molecule has 0 unspecified atom stereocenters. The SMILES string of the molecule is CCNC(=NCc1nc(C)c(C)s1)N(C)CCC1CCOCC1.I. The molecule has 7 heteroatoms. The van der Waals surface area contributed by atoms with Gasteiger partial charge in [-0.1, -0.05) is 0 Å². The molecule has 2 heterocycles. The molecule has 1 fully saturated rings. The smallest absolute Gasteiger partial charge is 0.194 e. The Morgan fingerprint density at radius 2 is 2.08 bits per heavy atom. The molecule has 1 saturated heterocycles. The molecule has 0 saturated carbocycles. The Morgan fingerprint density at radius 1 is 1.38 bits per heavy atom. The zero-order valence-electron chi connectivity index (χ0n) is 15.3. The molecule has 0 aliphatic carbocycles. The number of aromatic nitrogens is 1. The third-order valence-electron chi connectivity index (χ3n) is 4.35. The normalized spacial score (nSPS) is 15.9. The fraction of sp³-hybridized carbons (Fsp3) is 0.765. The summed E-state index contributed by atoms with van der Waals surface area (Å²) in [4.78, 5) is 12.9. The molecule has 0 aromatic carbocycles. The summed E-state index contributed by atoms with van der Waals surface area (Å²) in [6.07, 6.45) is 3.60. The van der Waals surface area contributed by atoms with Crippen molar-refractivity contribution in [3.05, 3.63) is 15.6 Å². The lowest BCUT2D eigenvalue weighted by Gasteiger charge is -2.26. The van der Waals surface area contributed by atoms with E-state index in [2.05, 4.69) is 43.0 Å². The number of aliphatic imine (C=N–C) groups is 1. The molecule has 0 spiro atoms. The first-order chi connectivity index (χ1) is 11.1. The fourth-order valence-electron chi connectivity index (χ4n) is 2.74. The minimum Gasteiger partial charge on any atom is -0.381 e. The molecule has 5 nitrogen and oxygen atoms in total. The van der Waals surface area contributed by atoms with E-state index in [1.807, 2.05) is 0 Å². The van der Waals surface area contributed by atoms with Crippen molar-refractivity contribution in [2.24, 2.45) is 10.9 Å². The van der Waals surface area contributed by atoms with E-state index in [1.165, 1.54) is 24.1 Å². The predicted octanol–water partition coefficient (Wildman–Crippen LogP) is 3.59. The van der Waals surface area contributed by atoms with Crippen LogP contribution in [-0.4, -0.2) is 49.2 Å². The topological polar surface area (TPSA) is 49.8 Å². The van der Waals surface area contributed by atoms with Crippen molar-refractivity contribution in [2.45, 2.75) is 46.6 Å². The number of guanidine groups is 1. The largest absolute Gasteiger partial charge is 0.381 e. The van der Waals surface area contributed by atoms with E-state index in [9.17, 15) is 0 Å². The maximum Gasteiger partial charge on any atom is 0.194 e. The highest BCUT2D eigenvalue weighted by Gasteiger charge is 2.15. The van der Waals surface area contributed by atoms with Crippen LogP contribution in [0.1, 0.15) is 41.8 Å². The van der Waals surface area contributed by atoms with Gasteiger partial charge in [0.05, 0.1) is 12.2 Å². The summed E-state index contributed by atoms with van der Waals surface area (Å²) in [6, 6.07) is 0. The molecule has 1 aliphatic rings. The van der Waals surface area contributed by atoms with Crippen molar-refractivity contribution >= 4 is 41.3 Å². The van der Waals surface area contributed by atoms with Gasteiger partial charge >= 0.3 is 0 Å². The summed E-state index contributed by atoms with van der Waals surface area (Å²) in [5.41, 5.74) is 1.12. The Balaban J connectivity index is 0.00000288. The van der Waals surface area contributed by atoms with E-state index >= 15 is 0 Å². The molecule has 2 rings (SSSR count). The molecule has 0 radical (unpaired) electrons. The van der Waals surface area contributed by atoms with Gasteiger partial charge in [-0.25, -0.2) is 9.98 Å². The highest BCUT2D eigenvalue weighted by molar-refractivity contribution is 14.0. The van der Waals surface area contributed by atoms with Crippen molar-refractivity contribution in [1.82, 2.24) is 15.2 Å². The van der Waals surface area contributed by atoms with Crippen LogP contribution in [0.4, 0.5) is 0 Å². The Hall–Kier alpha value is -0.410. The third kappa shape index (κ3) is 6.84. The van der Waals surface area contributed by atoms with Gasteiger partial charge in [0.25, 0.3) is 0 Å². The van der Waals surface area contributed by atoms with Gasteiger partial charge in [0.2, 0.25) is 0 Å². The molecular formula is C17H31IN4OS. The Kier molecular flexibility index (Phi) is 10.1. The van der Waals surface area contributed by atoms with E-state index in [0.717, 1.165) is 48.9 Å². The number of hydrogen-bond acceptors (Lipinski definition) is 4. The Morgan fingerprint density at radius 3 is 2.67 bits per heavy atom. The molecule has 138 valence electrons.